The van der Waals surface area contributed by atoms with Crippen molar-refractivity contribution in [2.45, 2.75) is 10.5 Å². The number of para-hydroxylation sites is 1. The lowest BCUT2D eigenvalue weighted by atomic mass is 10.1. The fraction of sp³-hybridized carbons (Fsp3) is 0.0714. The molecule has 3 rings (SSSR count). The smallest absolute Gasteiger partial charge is 0.240 e. The highest BCUT2D eigenvalue weighted by Crippen LogP contribution is 2.41. The Labute approximate surface area is 121 Å². The van der Waals surface area contributed by atoms with Crippen LogP contribution in [0.3, 0.4) is 0 Å². The molecule has 0 saturated carbocycles. The van der Waals surface area contributed by atoms with E-state index >= 15 is 0 Å². The van der Waals surface area contributed by atoms with Gasteiger partial charge in [0.25, 0.3) is 0 Å². The van der Waals surface area contributed by atoms with Crippen LogP contribution in [0.2, 0.25) is 5.02 Å². The second-order valence-electron chi connectivity index (χ2n) is 4.17. The van der Waals surface area contributed by atoms with E-state index in [0.29, 0.717) is 21.3 Å². The lowest BCUT2D eigenvalue weighted by Crippen LogP contribution is -2.01. The molecule has 1 aromatic heterocycles. The molecule has 0 saturated heterocycles. The molecule has 0 radical (unpaired) electrons. The highest BCUT2D eigenvalue weighted by atomic mass is 35.5. The zero-order valence-corrected chi connectivity index (χ0v) is 11.5. The van der Waals surface area contributed by atoms with Crippen molar-refractivity contribution >= 4 is 45.0 Å². The van der Waals surface area contributed by atoms with Crippen LogP contribution in [0, 0.1) is 0 Å². The Morgan fingerprint density at radius 3 is 2.45 bits per heavy atom. The summed E-state index contributed by atoms with van der Waals surface area (Å²) in [7, 11) is 0. The van der Waals surface area contributed by atoms with Gasteiger partial charge in [-0.25, -0.2) is 4.98 Å². The molecule has 102 valence electrons. The number of benzene rings is 2. The van der Waals surface area contributed by atoms with Gasteiger partial charge in [0.05, 0.1) is 5.52 Å². The Bertz CT molecular complexity index is 801. The second kappa shape index (κ2) is 4.82. The molecule has 20 heavy (non-hydrogen) atoms. The maximum absolute atomic E-state index is 12.7. The van der Waals surface area contributed by atoms with Crippen LogP contribution in [0.15, 0.2) is 47.5 Å². The number of fused-ring (bicyclic) bond motifs is 3. The van der Waals surface area contributed by atoms with Crippen LogP contribution in [-0.2, 0) is 0 Å². The number of aromatic nitrogens is 1. The van der Waals surface area contributed by atoms with E-state index in [9.17, 15) is 13.2 Å². The van der Waals surface area contributed by atoms with Crippen molar-refractivity contribution in [3.8, 4) is 0 Å². The number of rotatable bonds is 1. The largest absolute Gasteiger partial charge is 0.447 e. The second-order valence-corrected chi connectivity index (χ2v) is 5.66. The highest BCUT2D eigenvalue weighted by molar-refractivity contribution is 8.00. The van der Waals surface area contributed by atoms with Crippen LogP contribution in [-0.4, -0.2) is 10.5 Å². The molecule has 0 atom stereocenters. The molecule has 0 unspecified atom stereocenters. The molecule has 6 heteroatoms. The molecule has 0 aliphatic carbocycles. The van der Waals surface area contributed by atoms with Crippen LogP contribution in [0.1, 0.15) is 0 Å². The minimum atomic E-state index is -4.38. The van der Waals surface area contributed by atoms with Gasteiger partial charge in [0.15, 0.2) is 0 Å². The first-order valence-electron chi connectivity index (χ1n) is 5.68. The van der Waals surface area contributed by atoms with Gasteiger partial charge in [0.1, 0.15) is 5.03 Å². The molecular formula is C14H7ClF3NS. The zero-order valence-electron chi connectivity index (χ0n) is 9.91. The summed E-state index contributed by atoms with van der Waals surface area (Å²) >= 11 is 5.68. The van der Waals surface area contributed by atoms with Gasteiger partial charge in [-0.3, -0.25) is 0 Å². The molecule has 0 aliphatic rings. The van der Waals surface area contributed by atoms with Crippen LogP contribution >= 0.6 is 23.4 Å². The van der Waals surface area contributed by atoms with Crippen molar-refractivity contribution in [3.63, 3.8) is 0 Å². The summed E-state index contributed by atoms with van der Waals surface area (Å²) in [6.07, 6.45) is 0. The van der Waals surface area contributed by atoms with Gasteiger partial charge >= 0.3 is 5.51 Å². The van der Waals surface area contributed by atoms with Gasteiger partial charge in [0, 0.05) is 27.6 Å². The lowest BCUT2D eigenvalue weighted by molar-refractivity contribution is -0.0328. The van der Waals surface area contributed by atoms with Crippen LogP contribution < -0.4 is 0 Å². The quantitative estimate of drug-likeness (QED) is 0.425. The molecule has 1 nitrogen and oxygen atoms in total. The minimum absolute atomic E-state index is 0.0753. The Morgan fingerprint density at radius 1 is 0.950 bits per heavy atom. The summed E-state index contributed by atoms with van der Waals surface area (Å²) in [6.45, 7) is 0. The third kappa shape index (κ3) is 2.55. The van der Waals surface area contributed by atoms with Gasteiger partial charge in [-0.1, -0.05) is 35.9 Å². The zero-order chi connectivity index (χ0) is 14.3. The molecule has 0 bridgehead atoms. The normalized spacial score (nSPS) is 12.2. The summed E-state index contributed by atoms with van der Waals surface area (Å²) in [6, 6.07) is 12.0. The Morgan fingerprint density at radius 2 is 1.70 bits per heavy atom. The minimum Gasteiger partial charge on any atom is -0.240 e. The number of alkyl halides is 3. The van der Waals surface area contributed by atoms with Crippen molar-refractivity contribution in [3.05, 3.63) is 47.5 Å². The molecule has 0 fully saturated rings. The molecule has 3 aromatic rings. The van der Waals surface area contributed by atoms with E-state index in [0.717, 1.165) is 5.39 Å². The average molecular weight is 314 g/mol. The predicted octanol–water partition coefficient (Wildman–Crippen LogP) is 5.65. The van der Waals surface area contributed by atoms with Gasteiger partial charge in [-0.15, -0.1) is 0 Å². The summed E-state index contributed by atoms with van der Waals surface area (Å²) in [5, 5.41) is 2.25. The monoisotopic (exact) mass is 313 g/mol. The Balaban J connectivity index is 2.38. The molecule has 0 amide bonds. The molecule has 1 heterocycles. The maximum Gasteiger partial charge on any atom is 0.447 e. The molecule has 0 aliphatic heterocycles. The van der Waals surface area contributed by atoms with Crippen LogP contribution in [0.25, 0.3) is 21.7 Å². The lowest BCUT2D eigenvalue weighted by Gasteiger charge is -2.11. The van der Waals surface area contributed by atoms with E-state index < -0.39 is 5.51 Å². The molecular weight excluding hydrogens is 307 g/mol. The Kier molecular flexibility index (Phi) is 3.26. The van der Waals surface area contributed by atoms with Crippen molar-refractivity contribution < 1.29 is 13.2 Å². The third-order valence-electron chi connectivity index (χ3n) is 2.84. The van der Waals surface area contributed by atoms with E-state index in [-0.39, 0.29) is 16.8 Å². The summed E-state index contributed by atoms with van der Waals surface area (Å²) in [5.74, 6) is 0. The average Bonchev–Trinajstić information content (AvgIpc) is 2.37. The third-order valence-corrected chi connectivity index (χ3v) is 3.81. The summed E-state index contributed by atoms with van der Waals surface area (Å²) in [5.41, 5.74) is -3.85. The van der Waals surface area contributed by atoms with Crippen molar-refractivity contribution in [2.24, 2.45) is 0 Å². The van der Waals surface area contributed by atoms with Crippen molar-refractivity contribution in [1.29, 1.82) is 0 Å². The Hall–Kier alpha value is -1.46. The van der Waals surface area contributed by atoms with Crippen molar-refractivity contribution in [2.75, 3.05) is 0 Å². The van der Waals surface area contributed by atoms with E-state index in [4.69, 9.17) is 11.6 Å². The highest BCUT2D eigenvalue weighted by Gasteiger charge is 2.31. The number of nitrogens with zero attached hydrogens (tertiary/aromatic N) is 1. The van der Waals surface area contributed by atoms with E-state index in [2.05, 4.69) is 4.98 Å². The van der Waals surface area contributed by atoms with Gasteiger partial charge in [-0.2, -0.15) is 13.2 Å². The van der Waals surface area contributed by atoms with E-state index in [1.54, 1.807) is 24.3 Å². The summed E-state index contributed by atoms with van der Waals surface area (Å²) < 4.78 is 38.0. The topological polar surface area (TPSA) is 12.9 Å². The SMILES string of the molecule is FC(F)(F)Sc1nc2ccccc2c2ccc(Cl)cc12. The number of pyridine rings is 1. The number of hydrogen-bond donors (Lipinski definition) is 0. The first kappa shape index (κ1) is 13.5. The van der Waals surface area contributed by atoms with Gasteiger partial charge in [-0.05, 0) is 23.6 Å². The van der Waals surface area contributed by atoms with Gasteiger partial charge < -0.3 is 0 Å². The van der Waals surface area contributed by atoms with E-state index in [1.807, 2.05) is 12.1 Å². The van der Waals surface area contributed by atoms with E-state index in [1.165, 1.54) is 6.07 Å². The number of hydrogen-bond acceptors (Lipinski definition) is 2. The first-order chi connectivity index (χ1) is 9.44. The first-order valence-corrected chi connectivity index (χ1v) is 6.87. The molecule has 0 spiro atoms. The summed E-state index contributed by atoms with van der Waals surface area (Å²) in [4.78, 5) is 4.11. The maximum atomic E-state index is 12.7. The molecule has 0 N–H and O–H groups in total. The van der Waals surface area contributed by atoms with Crippen molar-refractivity contribution in [1.82, 2.24) is 4.98 Å². The fourth-order valence-corrected chi connectivity index (χ4v) is 2.90. The van der Waals surface area contributed by atoms with Crippen LogP contribution in [0.4, 0.5) is 13.2 Å². The predicted molar refractivity (Wildman–Crippen MR) is 76.2 cm³/mol. The number of halogens is 4. The molecule has 2 aromatic carbocycles. The van der Waals surface area contributed by atoms with Gasteiger partial charge in [0.2, 0.25) is 0 Å². The standard InChI is InChI=1S/C14H7ClF3NS/c15-8-5-6-9-10-3-1-2-4-12(10)19-13(11(9)7-8)20-14(16,17)18/h1-7H. The number of thioether (sulfide) groups is 1. The fourth-order valence-electron chi connectivity index (χ4n) is 2.08. The van der Waals surface area contributed by atoms with Crippen LogP contribution in [0.5, 0.6) is 0 Å².